The SMILES string of the molecule is I.NC(=NCC1CCC1)NCCOc1cccc(F)c1. The van der Waals surface area contributed by atoms with E-state index in [0.717, 1.165) is 6.54 Å². The number of nitrogens with zero attached hydrogens (tertiary/aromatic N) is 1. The Morgan fingerprint density at radius 1 is 1.45 bits per heavy atom. The van der Waals surface area contributed by atoms with Crippen molar-refractivity contribution in [1.29, 1.82) is 0 Å². The molecule has 2 rings (SSSR count). The second kappa shape index (κ2) is 8.99. The van der Waals surface area contributed by atoms with Crippen LogP contribution in [-0.2, 0) is 0 Å². The summed E-state index contributed by atoms with van der Waals surface area (Å²) < 4.78 is 18.3. The number of guanidine groups is 1. The predicted octanol–water partition coefficient (Wildman–Crippen LogP) is 2.53. The van der Waals surface area contributed by atoms with Gasteiger partial charge in [-0.1, -0.05) is 12.5 Å². The van der Waals surface area contributed by atoms with Crippen molar-refractivity contribution < 1.29 is 9.13 Å². The molecule has 1 fully saturated rings. The average molecular weight is 393 g/mol. The van der Waals surface area contributed by atoms with Gasteiger partial charge < -0.3 is 15.8 Å². The van der Waals surface area contributed by atoms with Gasteiger partial charge >= 0.3 is 0 Å². The molecular formula is C14H21FIN3O. The summed E-state index contributed by atoms with van der Waals surface area (Å²) in [6, 6.07) is 6.08. The van der Waals surface area contributed by atoms with Crippen LogP contribution in [0.1, 0.15) is 19.3 Å². The molecule has 4 nitrogen and oxygen atoms in total. The number of benzene rings is 1. The van der Waals surface area contributed by atoms with Crippen molar-refractivity contribution in [3.63, 3.8) is 0 Å². The van der Waals surface area contributed by atoms with Crippen LogP contribution >= 0.6 is 24.0 Å². The molecule has 0 amide bonds. The zero-order chi connectivity index (χ0) is 13.5. The fourth-order valence-electron chi connectivity index (χ4n) is 1.86. The summed E-state index contributed by atoms with van der Waals surface area (Å²) in [5.74, 6) is 1.39. The molecule has 0 unspecified atom stereocenters. The third kappa shape index (κ3) is 5.94. The van der Waals surface area contributed by atoms with E-state index in [0.29, 0.717) is 30.8 Å². The molecule has 0 aromatic heterocycles. The lowest BCUT2D eigenvalue weighted by Crippen LogP contribution is -2.35. The summed E-state index contributed by atoms with van der Waals surface area (Å²) in [6.07, 6.45) is 3.84. The van der Waals surface area contributed by atoms with Gasteiger partial charge in [0.2, 0.25) is 0 Å². The molecule has 1 aliphatic carbocycles. The van der Waals surface area contributed by atoms with Crippen molar-refractivity contribution >= 4 is 29.9 Å². The minimum absolute atomic E-state index is 0. The standard InChI is InChI=1S/C14H20FN3O.HI/c15-12-5-2-6-13(9-12)19-8-7-17-14(16)18-10-11-3-1-4-11;/h2,5-6,9,11H,1,3-4,7-8,10H2,(H3,16,17,18);1H. The van der Waals surface area contributed by atoms with E-state index in [9.17, 15) is 4.39 Å². The average Bonchev–Trinajstić information content (AvgIpc) is 2.33. The molecule has 0 aliphatic heterocycles. The van der Waals surface area contributed by atoms with Crippen molar-refractivity contribution in [2.75, 3.05) is 19.7 Å². The third-order valence-corrected chi connectivity index (χ3v) is 3.22. The maximum absolute atomic E-state index is 12.9. The Balaban J connectivity index is 0.00000200. The number of halogens is 2. The normalized spacial score (nSPS) is 15.2. The van der Waals surface area contributed by atoms with Gasteiger partial charge in [0.1, 0.15) is 18.2 Å². The van der Waals surface area contributed by atoms with Crippen molar-refractivity contribution in [2.24, 2.45) is 16.6 Å². The zero-order valence-corrected chi connectivity index (χ0v) is 13.7. The lowest BCUT2D eigenvalue weighted by molar-refractivity contribution is 0.319. The highest BCUT2D eigenvalue weighted by Gasteiger charge is 2.16. The second-order valence-corrected chi connectivity index (χ2v) is 4.76. The topological polar surface area (TPSA) is 59.6 Å². The number of hydrogen-bond donors (Lipinski definition) is 2. The highest BCUT2D eigenvalue weighted by Crippen LogP contribution is 2.26. The van der Waals surface area contributed by atoms with Crippen LogP contribution in [0.15, 0.2) is 29.3 Å². The molecule has 6 heteroatoms. The molecule has 1 aliphatic rings. The Labute approximate surface area is 136 Å². The Bertz CT molecular complexity index is 438. The van der Waals surface area contributed by atoms with Gasteiger partial charge in [-0.25, -0.2) is 4.39 Å². The van der Waals surface area contributed by atoms with Gasteiger partial charge in [0.05, 0.1) is 6.54 Å². The maximum Gasteiger partial charge on any atom is 0.188 e. The molecule has 0 saturated heterocycles. The minimum Gasteiger partial charge on any atom is -0.492 e. The first-order chi connectivity index (χ1) is 9.24. The van der Waals surface area contributed by atoms with Gasteiger partial charge in [-0.3, -0.25) is 4.99 Å². The summed E-state index contributed by atoms with van der Waals surface area (Å²) in [7, 11) is 0. The van der Waals surface area contributed by atoms with Gasteiger partial charge in [0.25, 0.3) is 0 Å². The molecule has 0 spiro atoms. The van der Waals surface area contributed by atoms with Crippen molar-refractivity contribution in [2.45, 2.75) is 19.3 Å². The summed E-state index contributed by atoms with van der Waals surface area (Å²) in [4.78, 5) is 4.27. The van der Waals surface area contributed by atoms with E-state index in [-0.39, 0.29) is 29.8 Å². The molecule has 1 saturated carbocycles. The Kier molecular flexibility index (Phi) is 7.64. The van der Waals surface area contributed by atoms with E-state index < -0.39 is 0 Å². The first-order valence-corrected chi connectivity index (χ1v) is 6.66. The number of nitrogens with two attached hydrogens (primary N) is 1. The summed E-state index contributed by atoms with van der Waals surface area (Å²) in [5, 5.41) is 2.98. The number of hydrogen-bond acceptors (Lipinski definition) is 2. The van der Waals surface area contributed by atoms with E-state index in [1.807, 2.05) is 0 Å². The van der Waals surface area contributed by atoms with E-state index in [1.165, 1.54) is 31.4 Å². The fourth-order valence-corrected chi connectivity index (χ4v) is 1.86. The third-order valence-electron chi connectivity index (χ3n) is 3.22. The van der Waals surface area contributed by atoms with Crippen molar-refractivity contribution in [3.8, 4) is 5.75 Å². The Morgan fingerprint density at radius 3 is 2.90 bits per heavy atom. The van der Waals surface area contributed by atoms with Crippen LogP contribution in [-0.4, -0.2) is 25.7 Å². The largest absolute Gasteiger partial charge is 0.492 e. The quantitative estimate of drug-likeness (QED) is 0.338. The van der Waals surface area contributed by atoms with Gasteiger partial charge in [0, 0.05) is 12.6 Å². The monoisotopic (exact) mass is 393 g/mol. The van der Waals surface area contributed by atoms with Crippen LogP contribution in [0.3, 0.4) is 0 Å². The van der Waals surface area contributed by atoms with Crippen LogP contribution in [0.2, 0.25) is 0 Å². The van der Waals surface area contributed by atoms with Crippen LogP contribution in [0.5, 0.6) is 5.75 Å². The lowest BCUT2D eigenvalue weighted by Gasteiger charge is -2.23. The molecule has 1 aromatic carbocycles. The van der Waals surface area contributed by atoms with E-state index in [2.05, 4.69) is 10.3 Å². The van der Waals surface area contributed by atoms with Gasteiger partial charge in [0.15, 0.2) is 5.96 Å². The number of ether oxygens (including phenoxy) is 1. The van der Waals surface area contributed by atoms with Gasteiger partial charge in [-0.2, -0.15) is 0 Å². The van der Waals surface area contributed by atoms with E-state index >= 15 is 0 Å². The van der Waals surface area contributed by atoms with E-state index in [1.54, 1.807) is 12.1 Å². The van der Waals surface area contributed by atoms with Gasteiger partial charge in [-0.05, 0) is 30.9 Å². The van der Waals surface area contributed by atoms with Crippen LogP contribution in [0, 0.1) is 11.7 Å². The molecule has 0 heterocycles. The summed E-state index contributed by atoms with van der Waals surface area (Å²) >= 11 is 0. The van der Waals surface area contributed by atoms with Gasteiger partial charge in [-0.15, -0.1) is 24.0 Å². The molecule has 0 atom stereocenters. The van der Waals surface area contributed by atoms with Crippen LogP contribution < -0.4 is 15.8 Å². The maximum atomic E-state index is 12.9. The predicted molar refractivity (Wildman–Crippen MR) is 89.1 cm³/mol. The van der Waals surface area contributed by atoms with Crippen molar-refractivity contribution in [3.05, 3.63) is 30.1 Å². The van der Waals surface area contributed by atoms with Crippen molar-refractivity contribution in [1.82, 2.24) is 5.32 Å². The van der Waals surface area contributed by atoms with E-state index in [4.69, 9.17) is 10.5 Å². The second-order valence-electron chi connectivity index (χ2n) is 4.76. The molecule has 20 heavy (non-hydrogen) atoms. The Morgan fingerprint density at radius 2 is 2.25 bits per heavy atom. The number of aliphatic imine (C=N–C) groups is 1. The highest BCUT2D eigenvalue weighted by molar-refractivity contribution is 14.0. The Hall–Kier alpha value is -1.05. The number of rotatable bonds is 6. The molecule has 0 radical (unpaired) electrons. The van der Waals surface area contributed by atoms with Crippen LogP contribution in [0.25, 0.3) is 0 Å². The zero-order valence-electron chi connectivity index (χ0n) is 11.3. The first-order valence-electron chi connectivity index (χ1n) is 6.66. The smallest absolute Gasteiger partial charge is 0.188 e. The number of nitrogens with one attached hydrogen (secondary N) is 1. The molecule has 3 N–H and O–H groups in total. The highest BCUT2D eigenvalue weighted by atomic mass is 127. The molecule has 112 valence electrons. The summed E-state index contributed by atoms with van der Waals surface area (Å²) in [5.41, 5.74) is 5.73. The van der Waals surface area contributed by atoms with Crippen LogP contribution in [0.4, 0.5) is 4.39 Å². The molecule has 0 bridgehead atoms. The lowest BCUT2D eigenvalue weighted by atomic mass is 9.86. The molecule has 1 aromatic rings. The minimum atomic E-state index is -0.299. The summed E-state index contributed by atoms with van der Waals surface area (Å²) in [6.45, 7) is 1.78. The fraction of sp³-hybridized carbons (Fsp3) is 0.500. The molecular weight excluding hydrogens is 372 g/mol. The first kappa shape index (κ1) is 17.0.